The molecule has 2 aromatic carbocycles. The number of hydrogen-bond donors (Lipinski definition) is 1. The van der Waals surface area contributed by atoms with Gasteiger partial charge in [-0.1, -0.05) is 30.3 Å². The van der Waals surface area contributed by atoms with Crippen molar-refractivity contribution in [3.63, 3.8) is 0 Å². The monoisotopic (exact) mass is 373 g/mol. The van der Waals surface area contributed by atoms with Gasteiger partial charge < -0.3 is 14.6 Å². The molecule has 0 aliphatic heterocycles. The summed E-state index contributed by atoms with van der Waals surface area (Å²) in [6, 6.07) is 17.8. The predicted molar refractivity (Wildman–Crippen MR) is 112 cm³/mol. The summed E-state index contributed by atoms with van der Waals surface area (Å²) in [7, 11) is 0. The van der Waals surface area contributed by atoms with Crippen LogP contribution in [-0.2, 0) is 6.54 Å². The van der Waals surface area contributed by atoms with Crippen LogP contribution in [0.2, 0.25) is 0 Å². The Morgan fingerprint density at radius 2 is 1.93 bits per heavy atom. The third-order valence-electron chi connectivity index (χ3n) is 4.80. The summed E-state index contributed by atoms with van der Waals surface area (Å²) in [4.78, 5) is 17.3. The summed E-state index contributed by atoms with van der Waals surface area (Å²) < 4.78 is 7.82. The molecule has 0 aliphatic rings. The zero-order chi connectivity index (χ0) is 19.3. The van der Waals surface area contributed by atoms with Crippen LogP contribution in [0.4, 0.5) is 0 Å². The van der Waals surface area contributed by atoms with E-state index in [1.54, 1.807) is 6.20 Å². The molecule has 0 spiro atoms. The Morgan fingerprint density at radius 1 is 1.07 bits per heavy atom. The third-order valence-corrected chi connectivity index (χ3v) is 4.80. The molecule has 5 nitrogen and oxygen atoms in total. The zero-order valence-corrected chi connectivity index (χ0v) is 15.9. The first-order valence-corrected chi connectivity index (χ1v) is 9.60. The molecule has 0 fully saturated rings. The highest BCUT2D eigenvalue weighted by molar-refractivity contribution is 6.09. The number of aromatic nitrogens is 2. The molecule has 0 saturated carbocycles. The molecule has 142 valence electrons. The minimum Gasteiger partial charge on any atom is -0.493 e. The van der Waals surface area contributed by atoms with Crippen LogP contribution in [0, 0.1) is 0 Å². The lowest BCUT2D eigenvalue weighted by atomic mass is 10.0. The molecule has 2 heterocycles. The van der Waals surface area contributed by atoms with E-state index in [0.29, 0.717) is 24.5 Å². The molecule has 0 saturated heterocycles. The van der Waals surface area contributed by atoms with Gasteiger partial charge in [0.15, 0.2) is 0 Å². The van der Waals surface area contributed by atoms with Gasteiger partial charge in [0.1, 0.15) is 11.4 Å². The summed E-state index contributed by atoms with van der Waals surface area (Å²) >= 11 is 0. The van der Waals surface area contributed by atoms with Crippen LogP contribution in [0.25, 0.3) is 21.8 Å². The largest absolute Gasteiger partial charge is 0.493 e. The summed E-state index contributed by atoms with van der Waals surface area (Å²) in [5, 5.41) is 6.11. The van der Waals surface area contributed by atoms with Crippen molar-refractivity contribution in [2.24, 2.45) is 0 Å². The fourth-order valence-electron chi connectivity index (χ4n) is 3.50. The van der Waals surface area contributed by atoms with E-state index >= 15 is 0 Å². The van der Waals surface area contributed by atoms with Gasteiger partial charge in [-0.3, -0.25) is 4.79 Å². The van der Waals surface area contributed by atoms with Crippen LogP contribution in [0.5, 0.6) is 5.75 Å². The molecule has 5 heteroatoms. The molecule has 0 bridgehead atoms. The first-order chi connectivity index (χ1) is 13.8. The van der Waals surface area contributed by atoms with Crippen molar-refractivity contribution in [1.82, 2.24) is 14.9 Å². The number of nitrogens with zero attached hydrogens (tertiary/aromatic N) is 2. The maximum atomic E-state index is 12.9. The van der Waals surface area contributed by atoms with Gasteiger partial charge in [0.25, 0.3) is 5.91 Å². The maximum absolute atomic E-state index is 12.9. The number of rotatable bonds is 7. The minimum absolute atomic E-state index is 0.101. The number of amides is 1. The second-order valence-corrected chi connectivity index (χ2v) is 6.63. The Hall–Kier alpha value is -3.34. The summed E-state index contributed by atoms with van der Waals surface area (Å²) in [6.45, 7) is 3.83. The van der Waals surface area contributed by atoms with Gasteiger partial charge in [0, 0.05) is 30.9 Å². The smallest absolute Gasteiger partial charge is 0.255 e. The molecule has 0 aliphatic carbocycles. The van der Waals surface area contributed by atoms with Crippen LogP contribution in [-0.4, -0.2) is 28.6 Å². The Balaban J connectivity index is 1.46. The standard InChI is InChI=1S/C23H23N3O2/c1-2-28-20-11-10-17-7-3-4-9-19(17)21(20)23(27)25-14-6-15-26-16-12-18-8-5-13-24-22(18)26/h3-5,7-13,16H,2,6,14-15H2,1H3,(H,25,27). The van der Waals surface area contributed by atoms with Crippen LogP contribution >= 0.6 is 0 Å². The summed E-state index contributed by atoms with van der Waals surface area (Å²) in [6.07, 6.45) is 4.66. The summed E-state index contributed by atoms with van der Waals surface area (Å²) in [5.41, 5.74) is 1.58. The van der Waals surface area contributed by atoms with Crippen molar-refractivity contribution in [2.75, 3.05) is 13.2 Å². The van der Waals surface area contributed by atoms with Gasteiger partial charge >= 0.3 is 0 Å². The number of pyridine rings is 1. The zero-order valence-electron chi connectivity index (χ0n) is 15.9. The minimum atomic E-state index is -0.101. The lowest BCUT2D eigenvalue weighted by molar-refractivity contribution is 0.0951. The van der Waals surface area contributed by atoms with E-state index in [9.17, 15) is 4.79 Å². The lowest BCUT2D eigenvalue weighted by Gasteiger charge is -2.13. The number of nitrogens with one attached hydrogen (secondary N) is 1. The highest BCUT2D eigenvalue weighted by Crippen LogP contribution is 2.28. The van der Waals surface area contributed by atoms with E-state index < -0.39 is 0 Å². The fraction of sp³-hybridized carbons (Fsp3) is 0.217. The molecule has 2 aromatic heterocycles. The van der Waals surface area contributed by atoms with Gasteiger partial charge in [0.2, 0.25) is 0 Å². The number of aryl methyl sites for hydroxylation is 1. The number of hydrogen-bond acceptors (Lipinski definition) is 3. The Morgan fingerprint density at radius 3 is 2.82 bits per heavy atom. The highest BCUT2D eigenvalue weighted by atomic mass is 16.5. The van der Waals surface area contributed by atoms with Crippen molar-refractivity contribution >= 4 is 27.7 Å². The molecule has 1 N–H and O–H groups in total. The van der Waals surface area contributed by atoms with Gasteiger partial charge in [-0.15, -0.1) is 0 Å². The number of ether oxygens (including phenoxy) is 1. The molecule has 0 radical (unpaired) electrons. The number of fused-ring (bicyclic) bond motifs is 2. The number of carbonyl (C=O) groups excluding carboxylic acids is 1. The number of carbonyl (C=O) groups is 1. The third kappa shape index (κ3) is 3.56. The van der Waals surface area contributed by atoms with Crippen LogP contribution in [0.1, 0.15) is 23.7 Å². The van der Waals surface area contributed by atoms with Crippen molar-refractivity contribution in [1.29, 1.82) is 0 Å². The molecule has 0 atom stereocenters. The predicted octanol–water partition coefficient (Wildman–Crippen LogP) is 4.41. The highest BCUT2D eigenvalue weighted by Gasteiger charge is 2.16. The topological polar surface area (TPSA) is 56.1 Å². The van der Waals surface area contributed by atoms with Crippen LogP contribution in [0.3, 0.4) is 0 Å². The molecule has 4 aromatic rings. The first kappa shape index (κ1) is 18.0. The molecule has 4 rings (SSSR count). The van der Waals surface area contributed by atoms with E-state index in [2.05, 4.69) is 27.0 Å². The van der Waals surface area contributed by atoms with Gasteiger partial charge in [-0.25, -0.2) is 4.98 Å². The Labute approximate surface area is 164 Å². The maximum Gasteiger partial charge on any atom is 0.255 e. The molecule has 0 unspecified atom stereocenters. The van der Waals surface area contributed by atoms with E-state index in [-0.39, 0.29) is 5.91 Å². The second kappa shape index (κ2) is 8.13. The van der Waals surface area contributed by atoms with Crippen LogP contribution in [0.15, 0.2) is 67.0 Å². The van der Waals surface area contributed by atoms with Crippen LogP contribution < -0.4 is 10.1 Å². The number of benzene rings is 2. The van der Waals surface area contributed by atoms with Gasteiger partial charge in [-0.05, 0) is 48.4 Å². The van der Waals surface area contributed by atoms with E-state index in [1.165, 1.54) is 0 Å². The summed E-state index contributed by atoms with van der Waals surface area (Å²) in [5.74, 6) is 0.523. The fourth-order valence-corrected chi connectivity index (χ4v) is 3.50. The Bertz CT molecular complexity index is 1120. The van der Waals surface area contributed by atoms with Crippen molar-refractivity contribution in [3.05, 3.63) is 72.6 Å². The van der Waals surface area contributed by atoms with Crippen molar-refractivity contribution in [3.8, 4) is 5.75 Å². The Kier molecular flexibility index (Phi) is 5.24. The quantitative estimate of drug-likeness (QED) is 0.488. The van der Waals surface area contributed by atoms with Gasteiger partial charge in [-0.2, -0.15) is 0 Å². The molecule has 1 amide bonds. The molecule has 28 heavy (non-hydrogen) atoms. The first-order valence-electron chi connectivity index (χ1n) is 9.60. The van der Waals surface area contributed by atoms with E-state index in [0.717, 1.165) is 34.8 Å². The molecular weight excluding hydrogens is 350 g/mol. The van der Waals surface area contributed by atoms with Crippen molar-refractivity contribution < 1.29 is 9.53 Å². The van der Waals surface area contributed by atoms with Crippen molar-refractivity contribution in [2.45, 2.75) is 19.9 Å². The van der Waals surface area contributed by atoms with E-state index in [1.807, 2.05) is 55.6 Å². The average molecular weight is 373 g/mol. The normalized spacial score (nSPS) is 11.0. The SMILES string of the molecule is CCOc1ccc2ccccc2c1C(=O)NCCCn1ccc2cccnc21. The second-order valence-electron chi connectivity index (χ2n) is 6.63. The lowest BCUT2D eigenvalue weighted by Crippen LogP contribution is -2.26. The molecular formula is C23H23N3O2. The van der Waals surface area contributed by atoms with Gasteiger partial charge in [0.05, 0.1) is 12.2 Å². The van der Waals surface area contributed by atoms with E-state index in [4.69, 9.17) is 4.74 Å². The average Bonchev–Trinajstić information content (AvgIpc) is 3.14.